The van der Waals surface area contributed by atoms with Crippen LogP contribution in [0.25, 0.3) is 0 Å². The molecule has 0 spiro atoms. The van der Waals surface area contributed by atoms with Crippen molar-refractivity contribution in [1.29, 1.82) is 0 Å². The van der Waals surface area contributed by atoms with Gasteiger partial charge in [-0.25, -0.2) is 4.79 Å². The number of aliphatic hydroxyl groups excluding tert-OH is 2. The maximum atomic E-state index is 11.0. The van der Waals surface area contributed by atoms with Crippen LogP contribution >= 0.6 is 15.9 Å². The van der Waals surface area contributed by atoms with E-state index >= 15 is 0 Å². The maximum absolute atomic E-state index is 11.0. The highest BCUT2D eigenvalue weighted by Gasteiger charge is 2.24. The predicted octanol–water partition coefficient (Wildman–Crippen LogP) is 1.15. The van der Waals surface area contributed by atoms with E-state index in [1.165, 1.54) is 12.1 Å². The first kappa shape index (κ1) is 14.0. The molecule has 0 saturated heterocycles. The van der Waals surface area contributed by atoms with Crippen LogP contribution in [0.3, 0.4) is 0 Å². The molecule has 0 amide bonds. The van der Waals surface area contributed by atoms with Gasteiger partial charge < -0.3 is 21.1 Å². The van der Waals surface area contributed by atoms with Crippen LogP contribution in [0.4, 0.5) is 5.69 Å². The van der Waals surface area contributed by atoms with Crippen molar-refractivity contribution < 1.29 is 20.1 Å². The zero-order valence-electron chi connectivity index (χ0n) is 9.01. The molecule has 0 aliphatic rings. The second kappa shape index (κ2) is 6.00. The minimum Gasteiger partial charge on any atom is -0.478 e. The first-order valence-electron chi connectivity index (χ1n) is 5.02. The van der Waals surface area contributed by atoms with Crippen LogP contribution < -0.4 is 5.73 Å². The molecule has 6 heteroatoms. The predicted molar refractivity (Wildman–Crippen MR) is 67.2 cm³/mol. The summed E-state index contributed by atoms with van der Waals surface area (Å²) in [5.41, 5.74) is 5.59. The molecule has 5 N–H and O–H groups in total. The van der Waals surface area contributed by atoms with Crippen molar-refractivity contribution >= 4 is 27.6 Å². The Morgan fingerprint density at radius 3 is 2.59 bits per heavy atom. The number of carboxylic acids is 1. The number of halogens is 1. The van der Waals surface area contributed by atoms with Crippen molar-refractivity contribution in [2.75, 3.05) is 11.1 Å². The number of rotatable bonds is 5. The lowest BCUT2D eigenvalue weighted by atomic mass is 9.96. The van der Waals surface area contributed by atoms with Gasteiger partial charge in [0.1, 0.15) is 6.10 Å². The van der Waals surface area contributed by atoms with Crippen LogP contribution in [0, 0.1) is 0 Å². The van der Waals surface area contributed by atoms with Crippen molar-refractivity contribution in [2.45, 2.75) is 18.6 Å². The number of hydrogen-bond donors (Lipinski definition) is 4. The highest BCUT2D eigenvalue weighted by Crippen LogP contribution is 2.26. The number of anilines is 1. The number of nitrogen functional groups attached to an aromatic ring is 1. The molecule has 0 heterocycles. The van der Waals surface area contributed by atoms with Crippen molar-refractivity contribution in [3.05, 3.63) is 29.3 Å². The van der Waals surface area contributed by atoms with E-state index in [1.807, 2.05) is 0 Å². The highest BCUT2D eigenvalue weighted by atomic mass is 79.9. The van der Waals surface area contributed by atoms with Crippen molar-refractivity contribution in [3.63, 3.8) is 0 Å². The molecular formula is C11H14BrNO4. The standard InChI is InChI=1S/C11H14BrNO4/c12-5-4-8(14)10(15)6-2-1-3-7(13)9(6)11(16)17/h1-3,8,10,14-15H,4-5,13H2,(H,16,17). The second-order valence-corrected chi connectivity index (χ2v) is 4.40. The Bertz CT molecular complexity index is 410. The van der Waals surface area contributed by atoms with Crippen LogP contribution in [-0.2, 0) is 0 Å². The quantitative estimate of drug-likeness (QED) is 0.482. The molecule has 0 bridgehead atoms. The Balaban J connectivity index is 3.13. The largest absolute Gasteiger partial charge is 0.478 e. The van der Waals surface area contributed by atoms with Gasteiger partial charge in [-0.15, -0.1) is 0 Å². The van der Waals surface area contributed by atoms with E-state index in [0.29, 0.717) is 11.8 Å². The lowest BCUT2D eigenvalue weighted by Gasteiger charge is -2.19. The van der Waals surface area contributed by atoms with Gasteiger partial charge in [-0.05, 0) is 18.1 Å². The Labute approximate surface area is 107 Å². The topological polar surface area (TPSA) is 104 Å². The van der Waals surface area contributed by atoms with Gasteiger partial charge in [-0.3, -0.25) is 0 Å². The molecule has 1 rings (SSSR count). The monoisotopic (exact) mass is 303 g/mol. The molecule has 1 aromatic rings. The summed E-state index contributed by atoms with van der Waals surface area (Å²) >= 11 is 3.14. The third-order valence-corrected chi connectivity index (χ3v) is 2.89. The molecule has 5 nitrogen and oxygen atoms in total. The minimum absolute atomic E-state index is 0.0695. The van der Waals surface area contributed by atoms with Crippen LogP contribution in [0.15, 0.2) is 18.2 Å². The number of carbonyl (C=O) groups is 1. The summed E-state index contributed by atoms with van der Waals surface area (Å²) in [5, 5.41) is 29.1. The molecule has 0 radical (unpaired) electrons. The third kappa shape index (κ3) is 3.18. The summed E-state index contributed by atoms with van der Waals surface area (Å²) in [6, 6.07) is 4.43. The van der Waals surface area contributed by atoms with Crippen molar-refractivity contribution in [2.24, 2.45) is 0 Å². The van der Waals surface area contributed by atoms with Gasteiger partial charge in [0, 0.05) is 11.0 Å². The van der Waals surface area contributed by atoms with Crippen molar-refractivity contribution in [1.82, 2.24) is 0 Å². The van der Waals surface area contributed by atoms with Crippen LogP contribution in [0.1, 0.15) is 28.4 Å². The Kier molecular flexibility index (Phi) is 4.92. The van der Waals surface area contributed by atoms with Gasteiger partial charge in [0.05, 0.1) is 11.7 Å². The fourth-order valence-corrected chi connectivity index (χ4v) is 2.03. The van der Waals surface area contributed by atoms with Crippen LogP contribution in [-0.4, -0.2) is 32.7 Å². The fourth-order valence-electron chi connectivity index (χ4n) is 1.56. The Morgan fingerprint density at radius 1 is 1.41 bits per heavy atom. The SMILES string of the molecule is Nc1cccc(C(O)C(O)CCBr)c1C(=O)O. The van der Waals surface area contributed by atoms with Gasteiger partial charge >= 0.3 is 5.97 Å². The fraction of sp³-hybridized carbons (Fsp3) is 0.364. The first-order chi connectivity index (χ1) is 7.99. The zero-order chi connectivity index (χ0) is 13.0. The summed E-state index contributed by atoms with van der Waals surface area (Å²) in [6.07, 6.45) is -1.98. The van der Waals surface area contributed by atoms with Crippen LogP contribution in [0.2, 0.25) is 0 Å². The number of carboxylic acid groups (broad SMARTS) is 1. The third-order valence-electron chi connectivity index (χ3n) is 2.43. The minimum atomic E-state index is -1.26. The normalized spacial score (nSPS) is 14.3. The second-order valence-electron chi connectivity index (χ2n) is 3.61. The summed E-state index contributed by atoms with van der Waals surface area (Å²) in [4.78, 5) is 11.0. The number of alkyl halides is 1. The molecule has 0 aliphatic heterocycles. The molecule has 94 valence electrons. The van der Waals surface area contributed by atoms with E-state index in [9.17, 15) is 15.0 Å². The van der Waals surface area contributed by atoms with Crippen molar-refractivity contribution in [3.8, 4) is 0 Å². The smallest absolute Gasteiger partial charge is 0.338 e. The lowest BCUT2D eigenvalue weighted by Crippen LogP contribution is -2.21. The van der Waals surface area contributed by atoms with E-state index in [4.69, 9.17) is 10.8 Å². The summed E-state index contributed by atoms with van der Waals surface area (Å²) in [6.45, 7) is 0. The maximum Gasteiger partial charge on any atom is 0.338 e. The lowest BCUT2D eigenvalue weighted by molar-refractivity contribution is 0.0164. The molecule has 2 unspecified atom stereocenters. The molecular weight excluding hydrogens is 290 g/mol. The van der Waals surface area contributed by atoms with E-state index in [0.717, 1.165) is 0 Å². The van der Waals surface area contributed by atoms with Gasteiger partial charge in [0.2, 0.25) is 0 Å². The molecule has 1 aromatic carbocycles. The molecule has 17 heavy (non-hydrogen) atoms. The molecule has 0 fully saturated rings. The number of nitrogens with two attached hydrogens (primary N) is 1. The van der Waals surface area contributed by atoms with Crippen LogP contribution in [0.5, 0.6) is 0 Å². The van der Waals surface area contributed by atoms with Gasteiger partial charge in [-0.1, -0.05) is 28.1 Å². The van der Waals surface area contributed by atoms with E-state index < -0.39 is 18.2 Å². The average molecular weight is 304 g/mol. The highest BCUT2D eigenvalue weighted by molar-refractivity contribution is 9.09. The zero-order valence-corrected chi connectivity index (χ0v) is 10.6. The van der Waals surface area contributed by atoms with E-state index in [2.05, 4.69) is 15.9 Å². The van der Waals surface area contributed by atoms with E-state index in [1.54, 1.807) is 6.07 Å². The first-order valence-corrected chi connectivity index (χ1v) is 6.15. The van der Waals surface area contributed by atoms with Gasteiger partial charge in [0.15, 0.2) is 0 Å². The average Bonchev–Trinajstić information content (AvgIpc) is 2.27. The summed E-state index contributed by atoms with van der Waals surface area (Å²) in [5.74, 6) is -1.22. The number of aromatic carboxylic acids is 1. The summed E-state index contributed by atoms with van der Waals surface area (Å²) in [7, 11) is 0. The van der Waals surface area contributed by atoms with Gasteiger partial charge in [0.25, 0.3) is 0 Å². The Morgan fingerprint density at radius 2 is 2.06 bits per heavy atom. The molecule has 0 aromatic heterocycles. The number of hydrogen-bond acceptors (Lipinski definition) is 4. The molecule has 2 atom stereocenters. The summed E-state index contributed by atoms with van der Waals surface area (Å²) < 4.78 is 0. The number of benzene rings is 1. The molecule has 0 saturated carbocycles. The van der Waals surface area contributed by atoms with E-state index in [-0.39, 0.29) is 16.8 Å². The Hall–Kier alpha value is -1.11. The van der Waals surface area contributed by atoms with Gasteiger partial charge in [-0.2, -0.15) is 0 Å². The molecule has 0 aliphatic carbocycles. The number of aliphatic hydroxyl groups is 2.